The number of aliphatic hydroxyl groups is 3. The molecule has 2 heterocycles. The molecule has 3 N–H and O–H groups in total. The summed E-state index contributed by atoms with van der Waals surface area (Å²) in [4.78, 5) is 0. The molecule has 0 amide bonds. The molecule has 42 heavy (non-hydrogen) atoms. The van der Waals surface area contributed by atoms with E-state index in [1.165, 1.54) is 25.7 Å². The Bertz CT molecular complexity index is 1080. The van der Waals surface area contributed by atoms with E-state index >= 15 is 0 Å². The average molecular weight is 702 g/mol. The normalized spacial score (nSPS) is 55.9. The topological polar surface area (TPSA) is 91.6 Å². The lowest BCUT2D eigenvalue weighted by atomic mass is 9.41. The van der Waals surface area contributed by atoms with Gasteiger partial charge >= 0.3 is 0 Å². The summed E-state index contributed by atoms with van der Waals surface area (Å²) in [5.41, 5.74) is -0.728. The lowest BCUT2D eigenvalue weighted by molar-refractivity contribution is -0.242. The zero-order valence-corrected chi connectivity index (χ0v) is 29.1. The molecule has 0 aromatic carbocycles. The van der Waals surface area contributed by atoms with E-state index in [-0.39, 0.29) is 40.7 Å². The van der Waals surface area contributed by atoms with Gasteiger partial charge in [-0.05, 0) is 111 Å². The number of halogens is 1. The van der Waals surface area contributed by atoms with Gasteiger partial charge in [0, 0.05) is 34.8 Å². The fraction of sp³-hybridized carbons (Fsp3) is 1.00. The average Bonchev–Trinajstić information content (AvgIpc) is 3.54. The Labute approximate surface area is 267 Å². The van der Waals surface area contributed by atoms with Crippen LogP contribution in [0.4, 0.5) is 0 Å². The van der Waals surface area contributed by atoms with Crippen LogP contribution in [0, 0.1) is 50.7 Å². The molecule has 0 radical (unpaired) electrons. The summed E-state index contributed by atoms with van der Waals surface area (Å²) in [5.74, 6) is 1.70. The van der Waals surface area contributed by atoms with Crippen molar-refractivity contribution in [1.82, 2.24) is 3.11 Å². The molecule has 2 aliphatic heterocycles. The van der Waals surface area contributed by atoms with E-state index in [9.17, 15) is 15.3 Å². The Morgan fingerprint density at radius 3 is 2.40 bits per heavy atom. The predicted molar refractivity (Wildman–Crippen MR) is 169 cm³/mol. The molecule has 7 nitrogen and oxygen atoms in total. The molecule has 8 unspecified atom stereocenters. The van der Waals surface area contributed by atoms with Crippen LogP contribution in [0.3, 0.4) is 0 Å². The van der Waals surface area contributed by atoms with Crippen LogP contribution in [-0.4, -0.2) is 80.5 Å². The van der Waals surface area contributed by atoms with Crippen molar-refractivity contribution in [2.24, 2.45) is 50.7 Å². The molecule has 7 fully saturated rings. The van der Waals surface area contributed by atoms with Crippen LogP contribution in [0.1, 0.15) is 99.8 Å². The molecule has 7 aliphatic rings. The Hall–Kier alpha value is 0.450. The summed E-state index contributed by atoms with van der Waals surface area (Å²) in [7, 11) is 0. The van der Waals surface area contributed by atoms with Crippen molar-refractivity contribution < 1.29 is 29.5 Å². The molecule has 5 aliphatic carbocycles. The predicted octanol–water partition coefficient (Wildman–Crippen LogP) is 5.33. The third-order valence-electron chi connectivity index (χ3n) is 15.1. The maximum absolute atomic E-state index is 12.4. The van der Waals surface area contributed by atoms with E-state index in [1.807, 2.05) is 0 Å². The smallest absolute Gasteiger partial charge is 0.171 e. The molecule has 0 aromatic heterocycles. The highest BCUT2D eigenvalue weighted by Gasteiger charge is 2.84. The Kier molecular flexibility index (Phi) is 7.20. The number of aliphatic hydroxyl groups excluding tert-OH is 2. The Morgan fingerprint density at radius 1 is 1.02 bits per heavy atom. The zero-order valence-electron chi connectivity index (χ0n) is 26.9. The van der Waals surface area contributed by atoms with Crippen LogP contribution in [0.15, 0.2) is 0 Å². The molecule has 2 saturated heterocycles. The van der Waals surface area contributed by atoms with Gasteiger partial charge in [-0.3, -0.25) is 0 Å². The van der Waals surface area contributed by atoms with Crippen LogP contribution < -0.4 is 0 Å². The van der Waals surface area contributed by atoms with Gasteiger partial charge in [-0.2, -0.15) is 0 Å². The van der Waals surface area contributed by atoms with Crippen LogP contribution in [0.5, 0.6) is 0 Å². The summed E-state index contributed by atoms with van der Waals surface area (Å²) in [5, 5.41) is 34.0. The van der Waals surface area contributed by atoms with Gasteiger partial charge in [0.05, 0.1) is 43.2 Å². The van der Waals surface area contributed by atoms with E-state index in [4.69, 9.17) is 14.2 Å². The number of nitrogens with zero attached hydrogens (tertiary/aromatic N) is 1. The first kappa shape index (κ1) is 31.1. The van der Waals surface area contributed by atoms with Crippen molar-refractivity contribution in [3.63, 3.8) is 0 Å². The second kappa shape index (κ2) is 9.74. The summed E-state index contributed by atoms with van der Waals surface area (Å²) < 4.78 is 21.7. The van der Waals surface area contributed by atoms with Crippen LogP contribution in [0.25, 0.3) is 0 Å². The van der Waals surface area contributed by atoms with Crippen molar-refractivity contribution >= 4 is 22.9 Å². The van der Waals surface area contributed by atoms with Gasteiger partial charge in [0.15, 0.2) is 6.29 Å². The number of morpholine rings is 1. The number of rotatable bonds is 4. The number of ether oxygens (including phenoxy) is 3. The highest BCUT2D eigenvalue weighted by molar-refractivity contribution is 14.1. The molecule has 0 aromatic rings. The van der Waals surface area contributed by atoms with Gasteiger partial charge in [0.2, 0.25) is 0 Å². The van der Waals surface area contributed by atoms with Crippen molar-refractivity contribution in [1.29, 1.82) is 0 Å². The van der Waals surface area contributed by atoms with E-state index in [0.717, 1.165) is 45.4 Å². The zero-order chi connectivity index (χ0) is 30.3. The van der Waals surface area contributed by atoms with Crippen LogP contribution >= 0.6 is 22.9 Å². The molecule has 2 spiro atoms. The van der Waals surface area contributed by atoms with Crippen LogP contribution in [0.2, 0.25) is 0 Å². The first-order valence-electron chi connectivity index (χ1n) is 16.9. The first-order valence-corrected chi connectivity index (χ1v) is 17.9. The molecular formula is C34H56INO6. The number of fused-ring (bicyclic) bond motifs is 4. The standard InChI is InChI=1S/C34H56INO6/c1-19-16-20(27(37)30(4,5)39)41-26-25(19)31(6)12-13-34-18-33(34)11-10-23(42-24-17-36(35)14-15-40-24)29(2,3)21(33)8-9-22(34)32(31,7)28(26)38/h19-28,37-39H,8-18H2,1-7H3/t19-,20?,21+,22?,23?,24+,25+,26?,27?,28+,31?,32-,33?,34?/m1/s1. The second-order valence-corrected chi connectivity index (χ2v) is 18.8. The van der Waals surface area contributed by atoms with Gasteiger partial charge in [-0.25, -0.2) is 3.11 Å². The molecule has 5 saturated carbocycles. The fourth-order valence-electron chi connectivity index (χ4n) is 13.1. The lowest BCUT2D eigenvalue weighted by Gasteiger charge is -2.64. The van der Waals surface area contributed by atoms with Gasteiger partial charge in [-0.1, -0.05) is 34.6 Å². The minimum absolute atomic E-state index is 0.00679. The highest BCUT2D eigenvalue weighted by Crippen LogP contribution is 2.89. The summed E-state index contributed by atoms with van der Waals surface area (Å²) >= 11 is 2.39. The van der Waals surface area contributed by atoms with Gasteiger partial charge in [0.1, 0.15) is 6.10 Å². The Balaban J connectivity index is 1.15. The monoisotopic (exact) mass is 701 g/mol. The maximum Gasteiger partial charge on any atom is 0.171 e. The number of hydrogen-bond donors (Lipinski definition) is 3. The van der Waals surface area contributed by atoms with Crippen molar-refractivity contribution in [2.75, 3.05) is 19.7 Å². The SMILES string of the molecule is C[C@@H]1CC(C(O)C(C)(C)O)OC2[C@H]1C1(C)CCC34CC35CCC(O[C@H]3CN(I)CCO3)C(C)(C)[C@@H]5CCC4[C@]1(C)[C@H]2O. The lowest BCUT2D eigenvalue weighted by Crippen LogP contribution is -2.60. The summed E-state index contributed by atoms with van der Waals surface area (Å²) in [6, 6.07) is 0. The molecule has 240 valence electrons. The van der Waals surface area contributed by atoms with Crippen LogP contribution in [-0.2, 0) is 14.2 Å². The minimum Gasteiger partial charge on any atom is -0.390 e. The molecule has 0 bridgehead atoms. The minimum atomic E-state index is -1.24. The Morgan fingerprint density at radius 2 is 1.71 bits per heavy atom. The summed E-state index contributed by atoms with van der Waals surface area (Å²) in [6.45, 7) is 18.0. The molecule has 8 heteroatoms. The van der Waals surface area contributed by atoms with E-state index < -0.39 is 23.9 Å². The van der Waals surface area contributed by atoms with Gasteiger partial charge < -0.3 is 29.5 Å². The number of hydrogen-bond acceptors (Lipinski definition) is 7. The quantitative estimate of drug-likeness (QED) is 0.270. The van der Waals surface area contributed by atoms with Gasteiger partial charge in [-0.15, -0.1) is 0 Å². The van der Waals surface area contributed by atoms with E-state index in [1.54, 1.807) is 13.8 Å². The largest absolute Gasteiger partial charge is 0.390 e. The van der Waals surface area contributed by atoms with Crippen molar-refractivity contribution in [2.45, 2.75) is 142 Å². The summed E-state index contributed by atoms with van der Waals surface area (Å²) in [6.07, 6.45) is 6.92. The van der Waals surface area contributed by atoms with Crippen molar-refractivity contribution in [3.8, 4) is 0 Å². The van der Waals surface area contributed by atoms with Gasteiger partial charge in [0.25, 0.3) is 0 Å². The molecule has 7 rings (SSSR count). The highest BCUT2D eigenvalue weighted by atomic mass is 127. The first-order chi connectivity index (χ1) is 19.5. The molecule has 14 atom stereocenters. The third kappa shape index (κ3) is 3.94. The fourth-order valence-corrected chi connectivity index (χ4v) is 13.6. The maximum atomic E-state index is 12.4. The van der Waals surface area contributed by atoms with Crippen molar-refractivity contribution in [3.05, 3.63) is 0 Å². The molecular weight excluding hydrogens is 645 g/mol. The van der Waals surface area contributed by atoms with E-state index in [0.29, 0.717) is 28.6 Å². The van der Waals surface area contributed by atoms with E-state index in [2.05, 4.69) is 60.6 Å². The second-order valence-electron chi connectivity index (χ2n) is 17.4. The third-order valence-corrected chi connectivity index (χ3v) is 16.0.